The molecule has 0 aliphatic rings. The Hall–Kier alpha value is -1.02. The van der Waals surface area contributed by atoms with Crippen LogP contribution in [0.5, 0.6) is 0 Å². The van der Waals surface area contributed by atoms with Crippen LogP contribution in [0.25, 0.3) is 0 Å². The molecular weight excluding hydrogens is 172 g/mol. The van der Waals surface area contributed by atoms with E-state index in [1.807, 2.05) is 0 Å². The van der Waals surface area contributed by atoms with Gasteiger partial charge < -0.3 is 10.4 Å². The number of rotatable bonds is 3. The molecule has 0 radical (unpaired) electrons. The van der Waals surface area contributed by atoms with Gasteiger partial charge in [-0.15, -0.1) is 0 Å². The van der Waals surface area contributed by atoms with Gasteiger partial charge in [0.25, 0.3) is 0 Å². The van der Waals surface area contributed by atoms with Gasteiger partial charge in [-0.3, -0.25) is 10.3 Å². The number of quaternary nitrogens is 2. The average molecular weight is 184 g/mol. The molecule has 2 unspecified atom stereocenters. The van der Waals surface area contributed by atoms with E-state index in [0.717, 1.165) is 5.56 Å². The van der Waals surface area contributed by atoms with Gasteiger partial charge in [-0.2, -0.15) is 11.7 Å². The van der Waals surface area contributed by atoms with Crippen molar-refractivity contribution >= 4 is 5.69 Å². The third-order valence-electron chi connectivity index (χ3n) is 1.62. The molecule has 72 valence electrons. The van der Waals surface area contributed by atoms with Gasteiger partial charge in [0.15, 0.2) is 0 Å². The third kappa shape index (κ3) is 3.07. The smallest absolute Gasteiger partial charge is 0.150 e. The van der Waals surface area contributed by atoms with Crippen LogP contribution in [0.1, 0.15) is 5.56 Å². The average Bonchev–Trinajstić information content (AvgIpc) is 2.04. The zero-order valence-corrected chi connectivity index (χ0v) is 6.99. The standard InChI is InChI=1S/C7H12N4O2/c8-10(12)5-6-1-3-7(4-2-6)11(9)13/h1-4,10-11H,5,8-9H2. The van der Waals surface area contributed by atoms with Crippen LogP contribution in [0.4, 0.5) is 5.69 Å². The van der Waals surface area contributed by atoms with Gasteiger partial charge in [0.05, 0.1) is 0 Å². The minimum absolute atomic E-state index is 0.180. The lowest BCUT2D eigenvalue weighted by molar-refractivity contribution is -0.875. The van der Waals surface area contributed by atoms with E-state index in [4.69, 9.17) is 11.7 Å². The predicted octanol–water partition coefficient (Wildman–Crippen LogP) is -2.67. The lowest BCUT2D eigenvalue weighted by atomic mass is 10.2. The van der Waals surface area contributed by atoms with E-state index in [1.165, 1.54) is 0 Å². The fraction of sp³-hybridized carbons (Fsp3) is 0.143. The first-order chi connectivity index (χ1) is 6.09. The van der Waals surface area contributed by atoms with E-state index in [2.05, 4.69) is 0 Å². The molecule has 13 heavy (non-hydrogen) atoms. The second-order valence-corrected chi connectivity index (χ2v) is 2.70. The molecule has 0 saturated heterocycles. The zero-order valence-electron chi connectivity index (χ0n) is 6.99. The molecule has 0 fully saturated rings. The third-order valence-corrected chi connectivity index (χ3v) is 1.62. The number of nitrogens with two attached hydrogens (primary N) is 2. The van der Waals surface area contributed by atoms with Crippen LogP contribution in [-0.2, 0) is 6.54 Å². The quantitative estimate of drug-likeness (QED) is 0.303. The molecule has 0 spiro atoms. The molecule has 2 atom stereocenters. The maximum absolute atomic E-state index is 10.7. The Morgan fingerprint density at radius 1 is 1.08 bits per heavy atom. The number of hydrogen-bond acceptors (Lipinski definition) is 4. The summed E-state index contributed by atoms with van der Waals surface area (Å²) in [5.41, 5.74) is 1.20. The van der Waals surface area contributed by atoms with E-state index in [1.54, 1.807) is 24.3 Å². The maximum atomic E-state index is 10.7. The molecule has 1 aromatic rings. The van der Waals surface area contributed by atoms with Crippen molar-refractivity contribution in [2.24, 2.45) is 11.7 Å². The first-order valence-electron chi connectivity index (χ1n) is 3.76. The predicted molar refractivity (Wildman–Crippen MR) is 46.8 cm³/mol. The van der Waals surface area contributed by atoms with Crippen LogP contribution in [-0.4, -0.2) is 0 Å². The SMILES string of the molecule is N[NH+]([O-])Cc1ccc([NH+](N)[O-])cc1. The summed E-state index contributed by atoms with van der Waals surface area (Å²) in [6.45, 7) is 0.180. The molecule has 0 aliphatic heterocycles. The summed E-state index contributed by atoms with van der Waals surface area (Å²) in [4.78, 5) is 0. The summed E-state index contributed by atoms with van der Waals surface area (Å²) < 4.78 is 0. The van der Waals surface area contributed by atoms with Gasteiger partial charge >= 0.3 is 0 Å². The zero-order chi connectivity index (χ0) is 9.84. The van der Waals surface area contributed by atoms with Crippen molar-refractivity contribution in [3.63, 3.8) is 0 Å². The maximum Gasteiger partial charge on any atom is 0.150 e. The van der Waals surface area contributed by atoms with Crippen molar-refractivity contribution in [1.29, 1.82) is 0 Å². The number of benzene rings is 1. The van der Waals surface area contributed by atoms with E-state index < -0.39 is 10.3 Å². The van der Waals surface area contributed by atoms with Crippen LogP contribution in [0.15, 0.2) is 24.3 Å². The molecule has 6 heteroatoms. The highest BCUT2D eigenvalue weighted by atomic mass is 16.5. The highest BCUT2D eigenvalue weighted by molar-refractivity contribution is 5.32. The summed E-state index contributed by atoms with van der Waals surface area (Å²) in [6.07, 6.45) is 0. The van der Waals surface area contributed by atoms with Crippen molar-refractivity contribution in [2.75, 3.05) is 0 Å². The van der Waals surface area contributed by atoms with E-state index >= 15 is 0 Å². The summed E-state index contributed by atoms with van der Waals surface area (Å²) >= 11 is 0. The molecule has 0 aromatic heterocycles. The fourth-order valence-corrected chi connectivity index (χ4v) is 0.988. The van der Waals surface area contributed by atoms with Crippen LogP contribution >= 0.6 is 0 Å². The van der Waals surface area contributed by atoms with Crippen molar-refractivity contribution in [2.45, 2.75) is 6.54 Å². The molecule has 0 aliphatic carbocycles. The second kappa shape index (κ2) is 4.28. The van der Waals surface area contributed by atoms with Crippen LogP contribution in [0.2, 0.25) is 0 Å². The Labute approximate surface area is 75.4 Å². The van der Waals surface area contributed by atoms with Gasteiger partial charge in [0, 0.05) is 17.7 Å². The first kappa shape index (κ1) is 10.1. The molecule has 6 N–H and O–H groups in total. The van der Waals surface area contributed by atoms with E-state index in [9.17, 15) is 10.4 Å². The van der Waals surface area contributed by atoms with Crippen molar-refractivity contribution in [1.82, 2.24) is 0 Å². The molecular formula is C7H12N4O2. The van der Waals surface area contributed by atoms with Crippen LogP contribution in [0, 0.1) is 10.4 Å². The van der Waals surface area contributed by atoms with Gasteiger partial charge in [0.1, 0.15) is 12.2 Å². The van der Waals surface area contributed by atoms with Crippen molar-refractivity contribution in [3.05, 3.63) is 40.2 Å². The Balaban J connectivity index is 2.70. The Morgan fingerprint density at radius 3 is 2.00 bits per heavy atom. The first-order valence-corrected chi connectivity index (χ1v) is 3.76. The number of nitrogen functional groups attached to an aromatic ring is 1. The topological polar surface area (TPSA) is 107 Å². The highest BCUT2D eigenvalue weighted by Crippen LogP contribution is 2.03. The van der Waals surface area contributed by atoms with Gasteiger partial charge in [-0.05, 0) is 12.1 Å². The van der Waals surface area contributed by atoms with Gasteiger partial charge in [-0.1, -0.05) is 0 Å². The lowest BCUT2D eigenvalue weighted by Crippen LogP contribution is -3.11. The van der Waals surface area contributed by atoms with E-state index in [-0.39, 0.29) is 6.54 Å². The number of hydroxylamine groups is 1. The van der Waals surface area contributed by atoms with Crippen LogP contribution < -0.4 is 22.0 Å². The minimum atomic E-state index is -0.481. The molecule has 1 aromatic carbocycles. The Kier molecular flexibility index (Phi) is 3.32. The fourth-order valence-electron chi connectivity index (χ4n) is 0.988. The summed E-state index contributed by atoms with van der Waals surface area (Å²) in [5, 5.41) is 20.3. The molecule has 6 nitrogen and oxygen atoms in total. The molecule has 1 rings (SSSR count). The van der Waals surface area contributed by atoms with E-state index in [0.29, 0.717) is 5.69 Å². The van der Waals surface area contributed by atoms with Crippen molar-refractivity contribution in [3.8, 4) is 0 Å². The lowest BCUT2D eigenvalue weighted by Gasteiger charge is -2.16. The highest BCUT2D eigenvalue weighted by Gasteiger charge is 1.99. The van der Waals surface area contributed by atoms with Gasteiger partial charge in [0.2, 0.25) is 0 Å². The normalized spacial score (nSPS) is 15.4. The largest absolute Gasteiger partial charge is 0.613 e. The van der Waals surface area contributed by atoms with Crippen LogP contribution in [0.3, 0.4) is 0 Å². The van der Waals surface area contributed by atoms with Crippen molar-refractivity contribution < 1.29 is 10.3 Å². The monoisotopic (exact) mass is 184 g/mol. The molecule has 0 amide bonds. The van der Waals surface area contributed by atoms with Gasteiger partial charge in [-0.25, -0.2) is 0 Å². The summed E-state index contributed by atoms with van der Waals surface area (Å²) in [6, 6.07) is 6.46. The summed E-state index contributed by atoms with van der Waals surface area (Å²) in [7, 11) is 0. The number of hydrogen-bond donors (Lipinski definition) is 4. The molecule has 0 heterocycles. The molecule has 0 bridgehead atoms. The molecule has 0 saturated carbocycles. The minimum Gasteiger partial charge on any atom is -0.613 e. The second-order valence-electron chi connectivity index (χ2n) is 2.70. The Morgan fingerprint density at radius 2 is 1.62 bits per heavy atom. The number of nitrogens with one attached hydrogen (secondary N) is 2. The Bertz CT molecular complexity index is 260. The summed E-state index contributed by atoms with van der Waals surface area (Å²) in [5.74, 6) is 10.0.